The fourth-order valence-electron chi connectivity index (χ4n) is 1.53. The number of rotatable bonds is 6. The molecule has 0 saturated heterocycles. The number of aliphatic hydroxyl groups is 1. The summed E-state index contributed by atoms with van der Waals surface area (Å²) in [5.74, 6) is 2.57. The molecule has 1 rings (SSSR count). The lowest BCUT2D eigenvalue weighted by molar-refractivity contribution is 0.0238. The van der Waals surface area contributed by atoms with Crippen LogP contribution in [-0.2, 0) is 0 Å². The van der Waals surface area contributed by atoms with Crippen molar-refractivity contribution in [2.75, 3.05) is 17.2 Å². The van der Waals surface area contributed by atoms with Gasteiger partial charge in [0.05, 0.1) is 11.1 Å². The van der Waals surface area contributed by atoms with Crippen molar-refractivity contribution < 1.29 is 5.11 Å². The molecule has 0 fully saturated rings. The summed E-state index contributed by atoms with van der Waals surface area (Å²) in [5, 5.41) is 16.8. The van der Waals surface area contributed by atoms with E-state index in [1.165, 1.54) is 0 Å². The van der Waals surface area contributed by atoms with Crippen molar-refractivity contribution in [1.82, 2.24) is 9.97 Å². The quantitative estimate of drug-likeness (QED) is 0.747. The van der Waals surface area contributed by atoms with Gasteiger partial charge in [0.2, 0.25) is 0 Å². The molecule has 0 saturated carbocycles. The number of nitrogens with one attached hydrogen (secondary N) is 2. The lowest BCUT2D eigenvalue weighted by Gasteiger charge is -2.38. The first kappa shape index (κ1) is 16.7. The average molecular weight is 280 g/mol. The highest BCUT2D eigenvalue weighted by atomic mass is 16.3. The second kappa shape index (κ2) is 5.95. The van der Waals surface area contributed by atoms with E-state index < -0.39 is 11.1 Å². The Labute approximate surface area is 122 Å². The van der Waals surface area contributed by atoms with E-state index in [-0.39, 0.29) is 5.92 Å². The number of nitrogens with zero attached hydrogens (tertiary/aromatic N) is 2. The van der Waals surface area contributed by atoms with Crippen LogP contribution in [0.3, 0.4) is 0 Å². The van der Waals surface area contributed by atoms with Crippen LogP contribution in [0.5, 0.6) is 0 Å². The number of hydrogen-bond acceptors (Lipinski definition) is 5. The predicted molar refractivity (Wildman–Crippen MR) is 84.3 cm³/mol. The van der Waals surface area contributed by atoms with Crippen molar-refractivity contribution in [1.29, 1.82) is 0 Å². The van der Waals surface area contributed by atoms with E-state index in [1.807, 2.05) is 26.8 Å². The molecule has 1 aromatic heterocycles. The lowest BCUT2D eigenvalue weighted by atomic mass is 9.86. The molecule has 0 radical (unpaired) electrons. The van der Waals surface area contributed by atoms with Gasteiger partial charge in [-0.15, -0.1) is 0 Å². The second-order valence-electron chi connectivity index (χ2n) is 6.49. The number of aromatic nitrogens is 2. The van der Waals surface area contributed by atoms with E-state index in [1.54, 1.807) is 13.8 Å². The molecule has 1 aromatic rings. The van der Waals surface area contributed by atoms with Crippen LogP contribution in [0.25, 0.3) is 0 Å². The van der Waals surface area contributed by atoms with Crippen molar-refractivity contribution in [2.45, 2.75) is 65.5 Å². The third-order valence-corrected chi connectivity index (χ3v) is 3.59. The van der Waals surface area contributed by atoms with Gasteiger partial charge in [0, 0.05) is 18.5 Å². The molecule has 0 amide bonds. The van der Waals surface area contributed by atoms with Crippen LogP contribution in [-0.4, -0.2) is 32.8 Å². The first-order valence-corrected chi connectivity index (χ1v) is 7.20. The second-order valence-corrected chi connectivity index (χ2v) is 6.49. The molecule has 0 aliphatic heterocycles. The Kier molecular flexibility index (Phi) is 4.97. The van der Waals surface area contributed by atoms with Gasteiger partial charge in [-0.05, 0) is 34.6 Å². The van der Waals surface area contributed by atoms with Gasteiger partial charge in [-0.25, -0.2) is 9.97 Å². The van der Waals surface area contributed by atoms with Gasteiger partial charge < -0.3 is 15.7 Å². The van der Waals surface area contributed by atoms with Crippen LogP contribution in [0.2, 0.25) is 0 Å². The molecule has 1 heterocycles. The summed E-state index contributed by atoms with van der Waals surface area (Å²) in [7, 11) is 0. The molecule has 3 N–H and O–H groups in total. The Hall–Kier alpha value is -1.36. The molecule has 0 aliphatic carbocycles. The van der Waals surface area contributed by atoms with Crippen molar-refractivity contribution in [3.8, 4) is 0 Å². The summed E-state index contributed by atoms with van der Waals surface area (Å²) in [4.78, 5) is 9.03. The highest BCUT2D eigenvalue weighted by Crippen LogP contribution is 2.26. The molecule has 0 bridgehead atoms. The largest absolute Gasteiger partial charge is 0.388 e. The molecule has 0 spiro atoms. The van der Waals surface area contributed by atoms with Crippen LogP contribution >= 0.6 is 0 Å². The van der Waals surface area contributed by atoms with E-state index in [4.69, 9.17) is 0 Å². The third-order valence-electron chi connectivity index (χ3n) is 3.59. The fourth-order valence-corrected chi connectivity index (χ4v) is 1.53. The minimum atomic E-state index is -0.867. The Morgan fingerprint density at radius 3 is 2.15 bits per heavy atom. The molecule has 5 heteroatoms. The van der Waals surface area contributed by atoms with Crippen LogP contribution in [0.4, 0.5) is 11.6 Å². The minimum Gasteiger partial charge on any atom is -0.388 e. The van der Waals surface area contributed by atoms with Crippen molar-refractivity contribution >= 4 is 11.6 Å². The molecule has 0 unspecified atom stereocenters. The van der Waals surface area contributed by atoms with Crippen LogP contribution in [0.1, 0.15) is 60.2 Å². The molecular formula is C15H28N4O. The molecule has 0 atom stereocenters. The zero-order valence-electron chi connectivity index (χ0n) is 13.7. The lowest BCUT2D eigenvalue weighted by Crippen LogP contribution is -2.51. The highest BCUT2D eigenvalue weighted by molar-refractivity contribution is 5.49. The maximum atomic E-state index is 10.2. The van der Waals surface area contributed by atoms with Crippen molar-refractivity contribution in [3.63, 3.8) is 0 Å². The topological polar surface area (TPSA) is 70.1 Å². The van der Waals surface area contributed by atoms with Crippen molar-refractivity contribution in [3.05, 3.63) is 11.9 Å². The summed E-state index contributed by atoms with van der Waals surface area (Å²) in [6.45, 7) is 14.5. The number of anilines is 2. The fraction of sp³-hybridized carbons (Fsp3) is 0.733. The molecule has 20 heavy (non-hydrogen) atoms. The van der Waals surface area contributed by atoms with E-state index >= 15 is 0 Å². The van der Waals surface area contributed by atoms with Crippen LogP contribution < -0.4 is 10.6 Å². The van der Waals surface area contributed by atoms with E-state index in [0.29, 0.717) is 0 Å². The van der Waals surface area contributed by atoms with Gasteiger partial charge in [-0.3, -0.25) is 0 Å². The summed E-state index contributed by atoms with van der Waals surface area (Å²) >= 11 is 0. The molecule has 5 nitrogen and oxygen atoms in total. The summed E-state index contributed by atoms with van der Waals surface area (Å²) < 4.78 is 0. The van der Waals surface area contributed by atoms with E-state index in [9.17, 15) is 5.11 Å². The zero-order valence-corrected chi connectivity index (χ0v) is 13.7. The zero-order chi connectivity index (χ0) is 15.6. The Morgan fingerprint density at radius 2 is 1.70 bits per heavy atom. The summed E-state index contributed by atoms with van der Waals surface area (Å²) in [5.41, 5.74) is -1.37. The SMILES string of the molecule is CCNc1cc(NC(C)(C)C(C)(C)O)nc(C(C)C)n1. The maximum Gasteiger partial charge on any atom is 0.135 e. The van der Waals surface area contributed by atoms with E-state index in [0.717, 1.165) is 24.0 Å². The van der Waals surface area contributed by atoms with Gasteiger partial charge in [-0.2, -0.15) is 0 Å². The first-order chi connectivity index (χ1) is 9.06. The standard InChI is InChI=1S/C15H28N4O/c1-8-16-11-9-12(18-13(17-11)10(2)3)19-14(4,5)15(6,7)20/h9-10,20H,8H2,1-7H3,(H2,16,17,18,19). The van der Waals surface area contributed by atoms with Crippen LogP contribution in [0.15, 0.2) is 6.07 Å². The average Bonchev–Trinajstić information content (AvgIpc) is 2.26. The third kappa shape index (κ3) is 4.07. The molecule has 0 aliphatic rings. The normalized spacial score (nSPS) is 12.7. The van der Waals surface area contributed by atoms with Gasteiger partial charge in [0.15, 0.2) is 0 Å². The van der Waals surface area contributed by atoms with Gasteiger partial charge >= 0.3 is 0 Å². The minimum absolute atomic E-state index is 0.249. The summed E-state index contributed by atoms with van der Waals surface area (Å²) in [6.07, 6.45) is 0. The van der Waals surface area contributed by atoms with Crippen LogP contribution in [0, 0.1) is 0 Å². The van der Waals surface area contributed by atoms with Gasteiger partial charge in [0.1, 0.15) is 17.5 Å². The monoisotopic (exact) mass is 280 g/mol. The van der Waals surface area contributed by atoms with E-state index in [2.05, 4.69) is 34.4 Å². The predicted octanol–water partition coefficient (Wildman–Crippen LogP) is 2.99. The molecular weight excluding hydrogens is 252 g/mol. The first-order valence-electron chi connectivity index (χ1n) is 7.20. The number of hydrogen-bond donors (Lipinski definition) is 3. The summed E-state index contributed by atoms with van der Waals surface area (Å²) in [6, 6.07) is 1.88. The highest BCUT2D eigenvalue weighted by Gasteiger charge is 2.35. The molecule has 114 valence electrons. The Bertz CT molecular complexity index is 450. The van der Waals surface area contributed by atoms with Gasteiger partial charge in [0.25, 0.3) is 0 Å². The Morgan fingerprint density at radius 1 is 1.15 bits per heavy atom. The van der Waals surface area contributed by atoms with Crippen molar-refractivity contribution in [2.24, 2.45) is 0 Å². The molecule has 0 aromatic carbocycles. The van der Waals surface area contributed by atoms with Gasteiger partial charge in [-0.1, -0.05) is 13.8 Å². The smallest absolute Gasteiger partial charge is 0.135 e. The Balaban J connectivity index is 3.11. The maximum absolute atomic E-state index is 10.2.